The van der Waals surface area contributed by atoms with Gasteiger partial charge in [0.05, 0.1) is 12.6 Å². The lowest BCUT2D eigenvalue weighted by molar-refractivity contribution is -0.151. The van der Waals surface area contributed by atoms with Gasteiger partial charge >= 0.3 is 5.97 Å². The first-order valence-electron chi connectivity index (χ1n) is 16.0. The monoisotopic (exact) mass is 597 g/mol. The van der Waals surface area contributed by atoms with Gasteiger partial charge in [0.1, 0.15) is 24.5 Å². The molecule has 2 atom stereocenters. The number of ether oxygens (including phenoxy) is 2. The van der Waals surface area contributed by atoms with Crippen LogP contribution in [0.2, 0.25) is 0 Å². The minimum atomic E-state index is -0.865. The van der Waals surface area contributed by atoms with Gasteiger partial charge in [0.25, 0.3) is 0 Å². The molecular weight excluding hydrogens is 552 g/mol. The molecule has 8 nitrogen and oxygen atoms in total. The molecule has 1 saturated carbocycles. The number of benzene rings is 3. The maximum Gasteiger partial charge on any atom is 0.352 e. The first kappa shape index (κ1) is 31.4. The summed E-state index contributed by atoms with van der Waals surface area (Å²) >= 11 is 0. The van der Waals surface area contributed by atoms with E-state index in [0.717, 1.165) is 73.3 Å². The van der Waals surface area contributed by atoms with Crippen LogP contribution >= 0.6 is 0 Å². The molecule has 5 rings (SSSR count). The Balaban J connectivity index is 1.52. The summed E-state index contributed by atoms with van der Waals surface area (Å²) in [7, 11) is 0. The molecule has 0 bridgehead atoms. The molecule has 2 unspecified atom stereocenters. The lowest BCUT2D eigenvalue weighted by Gasteiger charge is -2.47. The van der Waals surface area contributed by atoms with Crippen molar-refractivity contribution < 1.29 is 19.1 Å². The molecule has 0 saturated heterocycles. The van der Waals surface area contributed by atoms with E-state index in [2.05, 4.69) is 30.1 Å². The third-order valence-corrected chi connectivity index (χ3v) is 8.65. The van der Waals surface area contributed by atoms with Gasteiger partial charge in [-0.1, -0.05) is 75.1 Å². The summed E-state index contributed by atoms with van der Waals surface area (Å²) in [6, 6.07) is 25.8. The third-order valence-electron chi connectivity index (χ3n) is 8.65. The number of carbonyl (C=O) groups excluding carboxylic acids is 2. The highest BCUT2D eigenvalue weighted by atomic mass is 16.6. The minimum absolute atomic E-state index is 0.156. The number of unbranched alkanes of at least 4 members (excludes halogenated alkanes) is 1. The fraction of sp³-hybridized carbons (Fsp3) is 0.417. The number of para-hydroxylation sites is 2. The van der Waals surface area contributed by atoms with E-state index in [0.29, 0.717) is 16.9 Å². The number of aliphatic imine (C=N–C) groups is 1. The van der Waals surface area contributed by atoms with Crippen LogP contribution in [0, 0.1) is 0 Å². The molecule has 3 aromatic rings. The zero-order chi connectivity index (χ0) is 30.9. The van der Waals surface area contributed by atoms with Crippen LogP contribution in [-0.2, 0) is 20.9 Å². The van der Waals surface area contributed by atoms with Gasteiger partial charge in [-0.2, -0.15) is 9.58 Å². The lowest BCUT2D eigenvalue weighted by atomic mass is 9.94. The number of quaternary nitrogens is 1. The number of amidine groups is 1. The van der Waals surface area contributed by atoms with Crippen LogP contribution in [0.4, 0.5) is 11.4 Å². The number of hydrogen-bond acceptors (Lipinski definition) is 6. The second-order valence-corrected chi connectivity index (χ2v) is 11.7. The van der Waals surface area contributed by atoms with Crippen LogP contribution in [0.15, 0.2) is 83.9 Å². The summed E-state index contributed by atoms with van der Waals surface area (Å²) in [5, 5.41) is 2.33. The Morgan fingerprint density at radius 2 is 1.66 bits per heavy atom. The highest BCUT2D eigenvalue weighted by Crippen LogP contribution is 2.46. The molecule has 1 amide bonds. The van der Waals surface area contributed by atoms with Gasteiger partial charge in [-0.05, 0) is 56.5 Å². The Hall–Kier alpha value is -4.01. The molecule has 3 aromatic carbocycles. The smallest absolute Gasteiger partial charge is 0.352 e. The van der Waals surface area contributed by atoms with Gasteiger partial charge in [0.2, 0.25) is 17.8 Å². The molecule has 44 heavy (non-hydrogen) atoms. The van der Waals surface area contributed by atoms with E-state index < -0.39 is 12.1 Å². The molecule has 1 fully saturated rings. The van der Waals surface area contributed by atoms with Crippen molar-refractivity contribution in [3.05, 3.63) is 90.0 Å². The topological polar surface area (TPSA) is 94.2 Å². The van der Waals surface area contributed by atoms with E-state index in [4.69, 9.17) is 20.2 Å². The lowest BCUT2D eigenvalue weighted by Crippen LogP contribution is -2.68. The highest BCUT2D eigenvalue weighted by molar-refractivity contribution is 6.02. The van der Waals surface area contributed by atoms with Gasteiger partial charge in [0.15, 0.2) is 5.69 Å². The van der Waals surface area contributed by atoms with Crippen LogP contribution in [0.5, 0.6) is 5.75 Å². The van der Waals surface area contributed by atoms with E-state index in [1.54, 1.807) is 6.92 Å². The summed E-state index contributed by atoms with van der Waals surface area (Å²) in [6.45, 7) is 5.00. The van der Waals surface area contributed by atoms with Crippen LogP contribution in [0.1, 0.15) is 82.4 Å². The fourth-order valence-corrected chi connectivity index (χ4v) is 6.60. The molecule has 232 valence electrons. The SMILES string of the molecule is CCCCC1=Nc2ccccc2[N+]1(Cc1ccc(OC(C(=O)OCC)c2ccccc2)cc1)N(CC(N)=O)C1CCCCC1. The number of rotatable bonds is 14. The maximum absolute atomic E-state index is 12.8. The van der Waals surface area contributed by atoms with E-state index >= 15 is 0 Å². The Bertz CT molecular complexity index is 1440. The summed E-state index contributed by atoms with van der Waals surface area (Å²) in [5.41, 5.74) is 9.79. The molecule has 1 aliphatic heterocycles. The molecule has 1 aliphatic carbocycles. The van der Waals surface area contributed by atoms with Gasteiger partial charge < -0.3 is 15.2 Å². The summed E-state index contributed by atoms with van der Waals surface area (Å²) in [4.78, 5) is 30.7. The zero-order valence-electron chi connectivity index (χ0n) is 26.0. The zero-order valence-corrected chi connectivity index (χ0v) is 26.0. The number of esters is 1. The molecule has 0 radical (unpaired) electrons. The molecule has 8 heteroatoms. The molecular formula is C36H45N4O4+. The Morgan fingerprint density at radius 1 is 0.955 bits per heavy atom. The standard InChI is InChI=1S/C36H44N4O4/c1-3-5-20-34-38-31-18-12-13-19-32(31)40(34,39(25-33(37)41)29-16-10-7-11-17-29)26-27-21-23-30(24-22-27)44-35(36(42)43-4-2)28-14-8-6-9-15-28/h6,8-9,12-15,18-19,21-24,29,35H,3-5,7,10-11,16-17,20,25-26H2,1-2H3,(H-,37,41)/p+1. The first-order valence-corrected chi connectivity index (χ1v) is 16.0. The number of primary amides is 1. The Labute approximate surface area is 261 Å². The fourth-order valence-electron chi connectivity index (χ4n) is 6.60. The molecule has 0 aromatic heterocycles. The Kier molecular flexibility index (Phi) is 10.5. The number of nitrogens with zero attached hydrogens (tertiary/aromatic N) is 3. The maximum atomic E-state index is 12.8. The van der Waals surface area contributed by atoms with Crippen molar-refractivity contribution in [1.29, 1.82) is 0 Å². The van der Waals surface area contributed by atoms with Crippen LogP contribution in [0.3, 0.4) is 0 Å². The van der Waals surface area contributed by atoms with Gasteiger partial charge in [-0.15, -0.1) is 5.01 Å². The normalized spacial score (nSPS) is 18.8. The first-order chi connectivity index (χ1) is 21.5. The van der Waals surface area contributed by atoms with Crippen LogP contribution < -0.4 is 15.1 Å². The number of fused-ring (bicyclic) bond motifs is 1. The predicted molar refractivity (Wildman–Crippen MR) is 174 cm³/mol. The van der Waals surface area contributed by atoms with Crippen molar-refractivity contribution in [3.63, 3.8) is 0 Å². The minimum Gasteiger partial charge on any atom is -0.474 e. The average molecular weight is 598 g/mol. The van der Waals surface area contributed by atoms with Crippen molar-refractivity contribution in [2.75, 3.05) is 13.2 Å². The van der Waals surface area contributed by atoms with Crippen molar-refractivity contribution in [3.8, 4) is 5.75 Å². The van der Waals surface area contributed by atoms with E-state index in [-0.39, 0.29) is 25.1 Å². The number of carbonyl (C=O) groups is 2. The van der Waals surface area contributed by atoms with Crippen LogP contribution in [-0.4, -0.2) is 41.9 Å². The van der Waals surface area contributed by atoms with E-state index in [1.807, 2.05) is 60.7 Å². The molecule has 1 heterocycles. The quantitative estimate of drug-likeness (QED) is 0.157. The largest absolute Gasteiger partial charge is 0.474 e. The molecule has 0 spiro atoms. The molecule has 2 N–H and O–H groups in total. The van der Waals surface area contributed by atoms with Crippen molar-refractivity contribution in [2.24, 2.45) is 10.7 Å². The van der Waals surface area contributed by atoms with Gasteiger partial charge in [0, 0.05) is 23.6 Å². The highest BCUT2D eigenvalue weighted by Gasteiger charge is 2.51. The average Bonchev–Trinajstić information content (AvgIpc) is 3.36. The number of amides is 1. The molecule has 2 aliphatic rings. The number of nitrogens with two attached hydrogens (primary N) is 1. The van der Waals surface area contributed by atoms with Crippen molar-refractivity contribution >= 4 is 29.1 Å². The third kappa shape index (κ3) is 6.87. The van der Waals surface area contributed by atoms with Gasteiger partial charge in [-0.25, -0.2) is 4.79 Å². The second-order valence-electron chi connectivity index (χ2n) is 11.7. The predicted octanol–water partition coefficient (Wildman–Crippen LogP) is 7.15. The van der Waals surface area contributed by atoms with E-state index in [9.17, 15) is 9.59 Å². The van der Waals surface area contributed by atoms with E-state index in [1.165, 1.54) is 6.42 Å². The van der Waals surface area contributed by atoms with Crippen molar-refractivity contribution in [1.82, 2.24) is 9.60 Å². The Morgan fingerprint density at radius 3 is 2.34 bits per heavy atom. The summed E-state index contributed by atoms with van der Waals surface area (Å²) in [6.07, 6.45) is 7.55. The second kappa shape index (κ2) is 14.6. The summed E-state index contributed by atoms with van der Waals surface area (Å²) in [5.74, 6) is 0.867. The van der Waals surface area contributed by atoms with Crippen LogP contribution in [0.25, 0.3) is 0 Å². The van der Waals surface area contributed by atoms with Gasteiger partial charge in [-0.3, -0.25) is 4.79 Å². The summed E-state index contributed by atoms with van der Waals surface area (Å²) < 4.78 is 11.9. The number of hydrogen-bond donors (Lipinski definition) is 1. The van der Waals surface area contributed by atoms with Crippen molar-refractivity contribution in [2.45, 2.75) is 83.9 Å².